The maximum atomic E-state index is 11.7. The second-order valence-corrected chi connectivity index (χ2v) is 7.65. The van der Waals surface area contributed by atoms with Gasteiger partial charge in [0.2, 0.25) is 0 Å². The lowest BCUT2D eigenvalue weighted by Crippen LogP contribution is -2.55. The lowest BCUT2D eigenvalue weighted by molar-refractivity contribution is -0.00250. The highest BCUT2D eigenvalue weighted by molar-refractivity contribution is 7.91. The molecule has 2 rings (SSSR count). The molecule has 3 atom stereocenters. The summed E-state index contributed by atoms with van der Waals surface area (Å²) in [6.45, 7) is 1.48. The van der Waals surface area contributed by atoms with E-state index in [2.05, 4.69) is 4.90 Å². The van der Waals surface area contributed by atoms with Crippen molar-refractivity contribution in [1.29, 1.82) is 0 Å². The summed E-state index contributed by atoms with van der Waals surface area (Å²) in [5.41, 5.74) is 5.84. The summed E-state index contributed by atoms with van der Waals surface area (Å²) >= 11 is 0. The number of piperidine rings is 1. The first kappa shape index (κ1) is 14.2. The van der Waals surface area contributed by atoms with Gasteiger partial charge in [0.25, 0.3) is 0 Å². The number of sulfone groups is 1. The van der Waals surface area contributed by atoms with Crippen LogP contribution in [0.5, 0.6) is 0 Å². The fraction of sp³-hybridized carbons (Fsp3) is 1.00. The molecular weight excluding hydrogens is 252 g/mol. The molecule has 0 spiro atoms. The number of rotatable bonds is 3. The van der Waals surface area contributed by atoms with Gasteiger partial charge >= 0.3 is 0 Å². The van der Waals surface area contributed by atoms with Crippen LogP contribution in [0.1, 0.15) is 25.7 Å². The van der Waals surface area contributed by atoms with E-state index in [0.29, 0.717) is 18.1 Å². The van der Waals surface area contributed by atoms with Gasteiger partial charge in [-0.3, -0.25) is 4.90 Å². The van der Waals surface area contributed by atoms with E-state index in [1.54, 1.807) is 7.11 Å². The Bertz CT molecular complexity index is 372. The highest BCUT2D eigenvalue weighted by atomic mass is 32.2. The van der Waals surface area contributed by atoms with Crippen LogP contribution < -0.4 is 5.73 Å². The Morgan fingerprint density at radius 1 is 1.39 bits per heavy atom. The van der Waals surface area contributed by atoms with E-state index in [0.717, 1.165) is 32.2 Å². The molecule has 18 heavy (non-hydrogen) atoms. The van der Waals surface area contributed by atoms with Gasteiger partial charge in [-0.05, 0) is 25.7 Å². The van der Waals surface area contributed by atoms with Crippen molar-refractivity contribution in [3.63, 3.8) is 0 Å². The number of nitrogens with zero attached hydrogens (tertiary/aromatic N) is 1. The van der Waals surface area contributed by atoms with Gasteiger partial charge in [0.05, 0.1) is 17.6 Å². The largest absolute Gasteiger partial charge is 0.381 e. The molecule has 5 nitrogen and oxygen atoms in total. The molecule has 0 aromatic carbocycles. The van der Waals surface area contributed by atoms with E-state index in [1.165, 1.54) is 0 Å². The molecule has 0 bridgehead atoms. The monoisotopic (exact) mass is 276 g/mol. The van der Waals surface area contributed by atoms with Crippen molar-refractivity contribution in [2.24, 2.45) is 5.73 Å². The summed E-state index contributed by atoms with van der Waals surface area (Å²) in [6.07, 6.45) is 3.93. The summed E-state index contributed by atoms with van der Waals surface area (Å²) in [5, 5.41) is 0. The number of hydrogen-bond donors (Lipinski definition) is 1. The van der Waals surface area contributed by atoms with Crippen molar-refractivity contribution in [3.05, 3.63) is 0 Å². The van der Waals surface area contributed by atoms with E-state index in [1.807, 2.05) is 0 Å². The molecule has 2 saturated heterocycles. The van der Waals surface area contributed by atoms with Crippen molar-refractivity contribution in [2.45, 2.75) is 43.9 Å². The smallest absolute Gasteiger partial charge is 0.151 e. The van der Waals surface area contributed by atoms with Crippen LogP contribution in [0.2, 0.25) is 0 Å². The second kappa shape index (κ2) is 5.86. The maximum Gasteiger partial charge on any atom is 0.151 e. The first-order valence-corrected chi connectivity index (χ1v) is 8.57. The Kier molecular flexibility index (Phi) is 4.64. The SMILES string of the molecule is COC1CCN(C2CCCS(=O)(=O)C2)C(CN)C1. The minimum atomic E-state index is -2.85. The van der Waals surface area contributed by atoms with Crippen LogP contribution in [0.4, 0.5) is 0 Å². The summed E-state index contributed by atoms with van der Waals surface area (Å²) in [5.74, 6) is 0.659. The molecule has 2 aliphatic rings. The average Bonchev–Trinajstić information content (AvgIpc) is 2.36. The van der Waals surface area contributed by atoms with E-state index < -0.39 is 9.84 Å². The lowest BCUT2D eigenvalue weighted by Gasteiger charge is -2.44. The number of nitrogens with two attached hydrogens (primary N) is 1. The molecule has 0 aromatic heterocycles. The van der Waals surface area contributed by atoms with Crippen LogP contribution in [0.25, 0.3) is 0 Å². The zero-order valence-corrected chi connectivity index (χ0v) is 11.9. The molecule has 0 radical (unpaired) electrons. The van der Waals surface area contributed by atoms with Crippen molar-refractivity contribution in [2.75, 3.05) is 31.7 Å². The van der Waals surface area contributed by atoms with Crippen LogP contribution in [0.3, 0.4) is 0 Å². The van der Waals surface area contributed by atoms with Gasteiger partial charge < -0.3 is 10.5 Å². The van der Waals surface area contributed by atoms with Gasteiger partial charge in [0, 0.05) is 32.3 Å². The third-order valence-electron chi connectivity index (χ3n) is 4.23. The standard InChI is InChI=1S/C12H24N2O3S/c1-17-12-4-5-14(11(7-12)8-13)10-3-2-6-18(15,16)9-10/h10-12H,2-9,13H2,1H3. The minimum Gasteiger partial charge on any atom is -0.381 e. The molecule has 3 unspecified atom stereocenters. The second-order valence-electron chi connectivity index (χ2n) is 5.42. The van der Waals surface area contributed by atoms with Gasteiger partial charge in [0.1, 0.15) is 0 Å². The van der Waals surface area contributed by atoms with Crippen molar-refractivity contribution < 1.29 is 13.2 Å². The molecule has 2 N–H and O–H groups in total. The Labute approximate surface area is 110 Å². The van der Waals surface area contributed by atoms with Crippen LogP contribution in [0, 0.1) is 0 Å². The highest BCUT2D eigenvalue weighted by Gasteiger charge is 2.36. The molecule has 2 aliphatic heterocycles. The van der Waals surface area contributed by atoms with E-state index in [9.17, 15) is 8.42 Å². The normalized spacial score (nSPS) is 37.6. The van der Waals surface area contributed by atoms with E-state index in [4.69, 9.17) is 10.5 Å². The van der Waals surface area contributed by atoms with Crippen molar-refractivity contribution >= 4 is 9.84 Å². The van der Waals surface area contributed by atoms with Crippen LogP contribution >= 0.6 is 0 Å². The van der Waals surface area contributed by atoms with E-state index >= 15 is 0 Å². The van der Waals surface area contributed by atoms with Crippen LogP contribution in [-0.4, -0.2) is 63.2 Å². The molecule has 0 saturated carbocycles. The minimum absolute atomic E-state index is 0.162. The first-order chi connectivity index (χ1) is 8.55. The molecule has 2 fully saturated rings. The van der Waals surface area contributed by atoms with Gasteiger partial charge in [-0.2, -0.15) is 0 Å². The first-order valence-electron chi connectivity index (χ1n) is 6.74. The van der Waals surface area contributed by atoms with Crippen LogP contribution in [-0.2, 0) is 14.6 Å². The zero-order valence-electron chi connectivity index (χ0n) is 11.0. The lowest BCUT2D eigenvalue weighted by atomic mass is 9.96. The molecule has 106 valence electrons. The molecule has 0 aromatic rings. The zero-order chi connectivity index (χ0) is 13.2. The topological polar surface area (TPSA) is 72.6 Å². The summed E-state index contributed by atoms with van der Waals surface area (Å²) < 4.78 is 28.9. The number of hydrogen-bond acceptors (Lipinski definition) is 5. The quantitative estimate of drug-likeness (QED) is 0.785. The predicted octanol–water partition coefficient (Wildman–Crippen LogP) is 0.00170. The number of likely N-dealkylation sites (tertiary alicyclic amines) is 1. The Morgan fingerprint density at radius 3 is 2.78 bits per heavy atom. The molecule has 2 heterocycles. The molecular formula is C12H24N2O3S. The van der Waals surface area contributed by atoms with Crippen molar-refractivity contribution in [1.82, 2.24) is 4.90 Å². The summed E-state index contributed by atoms with van der Waals surface area (Å²) in [7, 11) is -1.11. The van der Waals surface area contributed by atoms with Crippen LogP contribution in [0.15, 0.2) is 0 Å². The fourth-order valence-electron chi connectivity index (χ4n) is 3.22. The Morgan fingerprint density at radius 2 is 2.17 bits per heavy atom. The Balaban J connectivity index is 2.03. The molecule has 0 amide bonds. The third-order valence-corrected chi connectivity index (χ3v) is 6.03. The van der Waals surface area contributed by atoms with Gasteiger partial charge in [-0.15, -0.1) is 0 Å². The summed E-state index contributed by atoms with van der Waals surface area (Å²) in [4.78, 5) is 2.31. The number of methoxy groups -OCH3 is 1. The average molecular weight is 276 g/mol. The summed E-state index contributed by atoms with van der Waals surface area (Å²) in [6, 6.07) is 0.428. The number of ether oxygens (including phenoxy) is 1. The van der Waals surface area contributed by atoms with Crippen molar-refractivity contribution in [3.8, 4) is 0 Å². The van der Waals surface area contributed by atoms with Gasteiger partial charge in [-0.25, -0.2) is 8.42 Å². The van der Waals surface area contributed by atoms with Gasteiger partial charge in [0.15, 0.2) is 9.84 Å². The third kappa shape index (κ3) is 3.23. The van der Waals surface area contributed by atoms with Gasteiger partial charge in [-0.1, -0.05) is 0 Å². The highest BCUT2D eigenvalue weighted by Crippen LogP contribution is 2.26. The Hall–Kier alpha value is -0.170. The fourth-order valence-corrected chi connectivity index (χ4v) is 4.94. The predicted molar refractivity (Wildman–Crippen MR) is 71.3 cm³/mol. The van der Waals surface area contributed by atoms with E-state index in [-0.39, 0.29) is 18.2 Å². The molecule has 0 aliphatic carbocycles. The molecule has 6 heteroatoms. The maximum absolute atomic E-state index is 11.7.